The maximum absolute atomic E-state index is 13.1. The standard InChI is InChI=1S/C25H32N4O2S/c1-4-12-29(13-5-2)25(30)21-14-20-11-10-19(16-23(20)28-24(26)17-21)18-8-7-9-22(15-18)32(27,31)6-3/h7-11,14-16,27H,4-6,12-13,17H2,1-3H3,(H2,26,28). The molecule has 0 bridgehead atoms. The van der Waals surface area contributed by atoms with Crippen LogP contribution in [0.3, 0.4) is 0 Å². The van der Waals surface area contributed by atoms with Crippen molar-refractivity contribution in [3.8, 4) is 11.1 Å². The van der Waals surface area contributed by atoms with Crippen molar-refractivity contribution in [3.05, 3.63) is 53.6 Å². The first kappa shape index (κ1) is 23.7. The fourth-order valence-electron chi connectivity index (χ4n) is 3.81. The van der Waals surface area contributed by atoms with E-state index in [2.05, 4.69) is 18.8 Å². The van der Waals surface area contributed by atoms with Gasteiger partial charge in [0, 0.05) is 41.3 Å². The van der Waals surface area contributed by atoms with Crippen molar-refractivity contribution in [1.82, 2.24) is 4.90 Å². The van der Waals surface area contributed by atoms with Gasteiger partial charge >= 0.3 is 0 Å². The summed E-state index contributed by atoms with van der Waals surface area (Å²) in [6, 6.07) is 13.1. The maximum atomic E-state index is 13.1. The Kier molecular flexibility index (Phi) is 7.51. The van der Waals surface area contributed by atoms with Gasteiger partial charge in [-0.05, 0) is 48.2 Å². The highest BCUT2D eigenvalue weighted by atomic mass is 32.2. The predicted molar refractivity (Wildman–Crippen MR) is 133 cm³/mol. The van der Waals surface area contributed by atoms with Gasteiger partial charge in [0.25, 0.3) is 0 Å². The highest BCUT2D eigenvalue weighted by molar-refractivity contribution is 7.92. The molecule has 0 saturated carbocycles. The highest BCUT2D eigenvalue weighted by Crippen LogP contribution is 2.33. The number of nitrogens with two attached hydrogens (primary N) is 1. The van der Waals surface area contributed by atoms with Crippen molar-refractivity contribution in [3.63, 3.8) is 0 Å². The number of fused-ring (bicyclic) bond motifs is 1. The first-order valence-corrected chi connectivity index (χ1v) is 12.9. The average Bonchev–Trinajstić information content (AvgIpc) is 2.95. The normalized spacial score (nSPS) is 15.1. The lowest BCUT2D eigenvalue weighted by Gasteiger charge is -2.22. The van der Waals surface area contributed by atoms with Gasteiger partial charge in [0.2, 0.25) is 5.91 Å². The Morgan fingerprint density at radius 2 is 1.78 bits per heavy atom. The van der Waals surface area contributed by atoms with Gasteiger partial charge in [-0.2, -0.15) is 0 Å². The monoisotopic (exact) mass is 452 g/mol. The van der Waals surface area contributed by atoms with Crippen molar-refractivity contribution in [2.24, 2.45) is 10.7 Å². The van der Waals surface area contributed by atoms with Crippen LogP contribution >= 0.6 is 0 Å². The second kappa shape index (κ2) is 10.1. The number of benzene rings is 2. The average molecular weight is 453 g/mol. The fraction of sp³-hybridized carbons (Fsp3) is 0.360. The minimum atomic E-state index is -2.79. The number of amides is 1. The molecule has 2 aromatic carbocycles. The summed E-state index contributed by atoms with van der Waals surface area (Å²) in [5.41, 5.74) is 10.2. The number of hydrogen-bond donors (Lipinski definition) is 2. The van der Waals surface area contributed by atoms with E-state index in [9.17, 15) is 9.00 Å². The first-order valence-electron chi connectivity index (χ1n) is 11.1. The topological polar surface area (TPSA) is 99.6 Å². The molecule has 3 rings (SSSR count). The van der Waals surface area contributed by atoms with E-state index in [-0.39, 0.29) is 11.7 Å². The van der Waals surface area contributed by atoms with E-state index in [0.717, 1.165) is 42.6 Å². The van der Waals surface area contributed by atoms with Crippen LogP contribution in [0.2, 0.25) is 0 Å². The number of amidine groups is 1. The molecule has 3 N–H and O–H groups in total. The molecule has 1 aliphatic rings. The maximum Gasteiger partial charge on any atom is 0.250 e. The van der Waals surface area contributed by atoms with Crippen molar-refractivity contribution < 1.29 is 9.00 Å². The number of carbonyl (C=O) groups excluding carboxylic acids is 1. The summed E-state index contributed by atoms with van der Waals surface area (Å²) in [6.07, 6.45) is 4.03. The Bertz CT molecular complexity index is 1160. The molecule has 1 atom stereocenters. The fourth-order valence-corrected chi connectivity index (χ4v) is 4.76. The molecule has 0 aliphatic carbocycles. The number of nitrogens with zero attached hydrogens (tertiary/aromatic N) is 2. The molecule has 2 aromatic rings. The molecule has 0 aromatic heterocycles. The Labute approximate surface area is 191 Å². The minimum Gasteiger partial charge on any atom is -0.387 e. The van der Waals surface area contributed by atoms with Gasteiger partial charge in [-0.3, -0.25) is 4.79 Å². The highest BCUT2D eigenvalue weighted by Gasteiger charge is 2.21. The number of hydrogen-bond acceptors (Lipinski definition) is 5. The van der Waals surface area contributed by atoms with Crippen LogP contribution in [0, 0.1) is 4.78 Å². The van der Waals surface area contributed by atoms with Crippen molar-refractivity contribution in [2.45, 2.75) is 44.9 Å². The van der Waals surface area contributed by atoms with Crippen molar-refractivity contribution in [1.29, 1.82) is 4.78 Å². The third kappa shape index (κ3) is 5.27. The Morgan fingerprint density at radius 1 is 1.09 bits per heavy atom. The summed E-state index contributed by atoms with van der Waals surface area (Å²) >= 11 is 0. The van der Waals surface area contributed by atoms with E-state index in [1.807, 2.05) is 47.4 Å². The summed E-state index contributed by atoms with van der Waals surface area (Å²) in [4.78, 5) is 20.1. The third-order valence-corrected chi connectivity index (χ3v) is 7.33. The van der Waals surface area contributed by atoms with Crippen LogP contribution in [-0.4, -0.2) is 39.7 Å². The SMILES string of the molecule is CCCN(CCC)C(=O)C1=Cc2ccc(-c3cccc(S(=N)(=O)CC)c3)cc2N=C(N)C1. The molecule has 0 saturated heterocycles. The van der Waals surface area contributed by atoms with Gasteiger partial charge < -0.3 is 10.6 Å². The van der Waals surface area contributed by atoms with E-state index in [1.54, 1.807) is 13.0 Å². The summed E-state index contributed by atoms with van der Waals surface area (Å²) < 4.78 is 20.6. The van der Waals surface area contributed by atoms with Crippen LogP contribution in [0.4, 0.5) is 5.69 Å². The lowest BCUT2D eigenvalue weighted by Crippen LogP contribution is -2.34. The van der Waals surface area contributed by atoms with E-state index >= 15 is 0 Å². The Morgan fingerprint density at radius 3 is 2.44 bits per heavy atom. The van der Waals surface area contributed by atoms with E-state index in [1.165, 1.54) is 0 Å². The lowest BCUT2D eigenvalue weighted by atomic mass is 10.0. The molecule has 6 nitrogen and oxygen atoms in total. The van der Waals surface area contributed by atoms with Gasteiger partial charge in [0.1, 0.15) is 5.84 Å². The van der Waals surface area contributed by atoms with Gasteiger partial charge in [0.15, 0.2) is 0 Å². The van der Waals surface area contributed by atoms with Crippen LogP contribution in [-0.2, 0) is 14.5 Å². The zero-order valence-corrected chi connectivity index (χ0v) is 19.9. The minimum absolute atomic E-state index is 0.0150. The summed E-state index contributed by atoms with van der Waals surface area (Å²) in [5, 5.41) is 0. The zero-order chi connectivity index (χ0) is 23.3. The number of rotatable bonds is 8. The Hall–Kier alpha value is -2.93. The molecule has 170 valence electrons. The van der Waals surface area contributed by atoms with E-state index in [4.69, 9.17) is 10.5 Å². The number of nitrogens with one attached hydrogen (secondary N) is 1. The van der Waals surface area contributed by atoms with Crippen LogP contribution in [0.25, 0.3) is 17.2 Å². The molecule has 0 spiro atoms. The number of aliphatic imine (C=N–C) groups is 1. The number of carbonyl (C=O) groups is 1. The molecule has 1 aliphatic heterocycles. The second-order valence-corrected chi connectivity index (χ2v) is 10.4. The summed E-state index contributed by atoms with van der Waals surface area (Å²) in [7, 11) is -2.79. The summed E-state index contributed by atoms with van der Waals surface area (Å²) in [5.74, 6) is 0.694. The largest absolute Gasteiger partial charge is 0.387 e. The molecular formula is C25H32N4O2S. The lowest BCUT2D eigenvalue weighted by molar-refractivity contribution is -0.127. The molecule has 0 radical (unpaired) electrons. The van der Waals surface area contributed by atoms with Crippen LogP contribution in [0.1, 0.15) is 45.6 Å². The molecule has 7 heteroatoms. The van der Waals surface area contributed by atoms with Gasteiger partial charge in [0.05, 0.1) is 15.4 Å². The van der Waals surface area contributed by atoms with Gasteiger partial charge in [-0.25, -0.2) is 14.0 Å². The third-order valence-electron chi connectivity index (χ3n) is 5.50. The van der Waals surface area contributed by atoms with Crippen LogP contribution in [0.15, 0.2) is 57.9 Å². The molecular weight excluding hydrogens is 420 g/mol. The zero-order valence-electron chi connectivity index (χ0n) is 19.1. The summed E-state index contributed by atoms with van der Waals surface area (Å²) in [6.45, 7) is 7.34. The quantitative estimate of drug-likeness (QED) is 0.575. The smallest absolute Gasteiger partial charge is 0.250 e. The predicted octanol–water partition coefficient (Wildman–Crippen LogP) is 5.20. The van der Waals surface area contributed by atoms with Gasteiger partial charge in [-0.1, -0.05) is 45.0 Å². The van der Waals surface area contributed by atoms with Gasteiger partial charge in [-0.15, -0.1) is 0 Å². The van der Waals surface area contributed by atoms with E-state index in [0.29, 0.717) is 28.4 Å². The molecule has 1 heterocycles. The Balaban J connectivity index is 2.00. The van der Waals surface area contributed by atoms with Crippen molar-refractivity contribution in [2.75, 3.05) is 18.8 Å². The molecule has 0 fully saturated rings. The molecule has 32 heavy (non-hydrogen) atoms. The molecule has 1 unspecified atom stereocenters. The van der Waals surface area contributed by atoms with Crippen LogP contribution in [0.5, 0.6) is 0 Å². The van der Waals surface area contributed by atoms with E-state index < -0.39 is 9.73 Å². The first-order chi connectivity index (χ1) is 15.3. The molecule has 1 amide bonds. The second-order valence-electron chi connectivity index (χ2n) is 8.01. The van der Waals surface area contributed by atoms with Crippen LogP contribution < -0.4 is 5.73 Å². The van der Waals surface area contributed by atoms with Crippen molar-refractivity contribution >= 4 is 33.2 Å².